The molecule has 12 heavy (non-hydrogen) atoms. The van der Waals surface area contributed by atoms with Crippen LogP contribution in [0.2, 0.25) is 5.02 Å². The molecule has 0 saturated carbocycles. The molecule has 0 amide bonds. The van der Waals surface area contributed by atoms with Gasteiger partial charge in [0, 0.05) is 7.11 Å². The summed E-state index contributed by atoms with van der Waals surface area (Å²) in [5.74, 6) is -0.0579. The Bertz CT molecular complexity index is 282. The van der Waals surface area contributed by atoms with Gasteiger partial charge >= 0.3 is 0 Å². The van der Waals surface area contributed by atoms with E-state index in [0.717, 1.165) is 0 Å². The van der Waals surface area contributed by atoms with Gasteiger partial charge in [0.25, 0.3) is 0 Å². The van der Waals surface area contributed by atoms with Crippen molar-refractivity contribution in [2.75, 3.05) is 7.11 Å². The monoisotopic (exact) mass is 204 g/mol. The molecule has 1 aromatic rings. The van der Waals surface area contributed by atoms with Gasteiger partial charge in [0.2, 0.25) is 5.78 Å². The van der Waals surface area contributed by atoms with Crippen molar-refractivity contribution in [2.24, 2.45) is 0 Å². The topological polar surface area (TPSA) is 26.3 Å². The first-order chi connectivity index (χ1) is 5.66. The Morgan fingerprint density at radius 3 is 2.83 bits per heavy atom. The second-order valence-corrected chi connectivity index (χ2v) is 3.66. The van der Waals surface area contributed by atoms with Gasteiger partial charge in [-0.2, -0.15) is 0 Å². The van der Waals surface area contributed by atoms with Gasteiger partial charge in [0.1, 0.15) is 6.10 Å². The number of ketones is 1. The van der Waals surface area contributed by atoms with Crippen LogP contribution in [0.25, 0.3) is 0 Å². The van der Waals surface area contributed by atoms with Gasteiger partial charge in [-0.3, -0.25) is 4.79 Å². The molecular weight excluding hydrogens is 196 g/mol. The summed E-state index contributed by atoms with van der Waals surface area (Å²) >= 11 is 7.11. The second kappa shape index (κ2) is 4.03. The predicted octanol–water partition coefficient (Wildman–Crippen LogP) is 2.62. The lowest BCUT2D eigenvalue weighted by Gasteiger charge is -2.05. The molecule has 0 aliphatic rings. The van der Waals surface area contributed by atoms with Crippen molar-refractivity contribution < 1.29 is 9.53 Å². The molecular formula is C8H9ClO2S. The molecule has 0 saturated heterocycles. The van der Waals surface area contributed by atoms with Crippen molar-refractivity contribution in [3.8, 4) is 0 Å². The third kappa shape index (κ3) is 1.86. The number of rotatable bonds is 3. The van der Waals surface area contributed by atoms with E-state index in [2.05, 4.69) is 0 Å². The number of hydrogen-bond acceptors (Lipinski definition) is 3. The third-order valence-corrected chi connectivity index (χ3v) is 2.92. The van der Waals surface area contributed by atoms with Gasteiger partial charge in [-0.05, 0) is 18.4 Å². The molecule has 0 aromatic carbocycles. The van der Waals surface area contributed by atoms with Gasteiger partial charge in [-0.1, -0.05) is 11.6 Å². The van der Waals surface area contributed by atoms with Crippen LogP contribution in [0.4, 0.5) is 0 Å². The number of halogens is 1. The number of carbonyl (C=O) groups excluding carboxylic acids is 1. The molecule has 0 radical (unpaired) electrons. The SMILES string of the molecule is COC(C)C(=O)c1sccc1Cl. The molecule has 4 heteroatoms. The molecule has 1 aromatic heterocycles. The fourth-order valence-corrected chi connectivity index (χ4v) is 1.93. The average Bonchev–Trinajstić information content (AvgIpc) is 2.48. The van der Waals surface area contributed by atoms with Crippen LogP contribution in [0.3, 0.4) is 0 Å². The smallest absolute Gasteiger partial charge is 0.202 e. The summed E-state index contributed by atoms with van der Waals surface area (Å²) in [4.78, 5) is 12.0. The molecule has 66 valence electrons. The molecule has 0 fully saturated rings. The molecule has 1 rings (SSSR count). The predicted molar refractivity (Wildman–Crippen MR) is 50.1 cm³/mol. The molecule has 2 nitrogen and oxygen atoms in total. The summed E-state index contributed by atoms with van der Waals surface area (Å²) in [7, 11) is 1.50. The summed E-state index contributed by atoms with van der Waals surface area (Å²) in [6, 6.07) is 1.71. The molecule has 1 atom stereocenters. The Balaban J connectivity index is 2.85. The summed E-state index contributed by atoms with van der Waals surface area (Å²) in [5, 5.41) is 2.30. The summed E-state index contributed by atoms with van der Waals surface area (Å²) in [6.07, 6.45) is -0.416. The van der Waals surface area contributed by atoms with Crippen LogP contribution in [0.1, 0.15) is 16.6 Å². The van der Waals surface area contributed by atoms with Crippen LogP contribution in [0, 0.1) is 0 Å². The fourth-order valence-electron chi connectivity index (χ4n) is 0.761. The maximum atomic E-state index is 11.5. The number of methoxy groups -OCH3 is 1. The van der Waals surface area contributed by atoms with Crippen molar-refractivity contribution in [3.63, 3.8) is 0 Å². The van der Waals surface area contributed by atoms with E-state index in [9.17, 15) is 4.79 Å². The normalized spacial score (nSPS) is 12.9. The Hall–Kier alpha value is -0.380. The molecule has 0 N–H and O–H groups in total. The third-order valence-electron chi connectivity index (χ3n) is 1.56. The summed E-state index contributed by atoms with van der Waals surface area (Å²) < 4.78 is 4.89. The number of thiophene rings is 1. The lowest BCUT2D eigenvalue weighted by molar-refractivity contribution is 0.0660. The zero-order valence-electron chi connectivity index (χ0n) is 6.83. The Morgan fingerprint density at radius 1 is 1.75 bits per heavy atom. The van der Waals surface area contributed by atoms with Gasteiger partial charge in [0.05, 0.1) is 9.90 Å². The molecule has 0 aliphatic heterocycles. The lowest BCUT2D eigenvalue weighted by Crippen LogP contribution is -2.18. The van der Waals surface area contributed by atoms with Gasteiger partial charge in [0.15, 0.2) is 0 Å². The summed E-state index contributed by atoms with van der Waals surface area (Å²) in [6.45, 7) is 1.71. The van der Waals surface area contributed by atoms with Crippen molar-refractivity contribution in [2.45, 2.75) is 13.0 Å². The van der Waals surface area contributed by atoms with E-state index >= 15 is 0 Å². The Kier molecular flexibility index (Phi) is 3.26. The zero-order chi connectivity index (χ0) is 9.14. The van der Waals surface area contributed by atoms with Crippen LogP contribution < -0.4 is 0 Å². The van der Waals surface area contributed by atoms with Crippen molar-refractivity contribution in [3.05, 3.63) is 21.3 Å². The first-order valence-corrected chi connectivity index (χ1v) is 4.72. The van der Waals surface area contributed by atoms with Gasteiger partial charge < -0.3 is 4.74 Å². The molecule has 1 heterocycles. The first kappa shape index (κ1) is 9.71. The van der Waals surface area contributed by atoms with Crippen LogP contribution >= 0.6 is 22.9 Å². The van der Waals surface area contributed by atoms with Crippen LogP contribution in [-0.2, 0) is 4.74 Å². The molecule has 0 spiro atoms. The van der Waals surface area contributed by atoms with E-state index < -0.39 is 6.10 Å². The number of carbonyl (C=O) groups is 1. The maximum Gasteiger partial charge on any atom is 0.202 e. The fraction of sp³-hybridized carbons (Fsp3) is 0.375. The highest BCUT2D eigenvalue weighted by atomic mass is 35.5. The van der Waals surface area contributed by atoms with E-state index in [0.29, 0.717) is 9.90 Å². The van der Waals surface area contributed by atoms with Crippen LogP contribution in [0.5, 0.6) is 0 Å². The van der Waals surface area contributed by atoms with Crippen LogP contribution in [0.15, 0.2) is 11.4 Å². The number of hydrogen-bond donors (Lipinski definition) is 0. The minimum absolute atomic E-state index is 0.0579. The molecule has 0 bridgehead atoms. The van der Waals surface area contributed by atoms with E-state index in [-0.39, 0.29) is 5.78 Å². The minimum atomic E-state index is -0.416. The molecule has 0 aliphatic carbocycles. The summed E-state index contributed by atoms with van der Waals surface area (Å²) in [5.41, 5.74) is 0. The zero-order valence-corrected chi connectivity index (χ0v) is 8.41. The standard InChI is InChI=1S/C8H9ClO2S/c1-5(11-2)7(10)8-6(9)3-4-12-8/h3-5H,1-2H3. The average molecular weight is 205 g/mol. The first-order valence-electron chi connectivity index (χ1n) is 3.46. The highest BCUT2D eigenvalue weighted by molar-refractivity contribution is 7.12. The van der Waals surface area contributed by atoms with Gasteiger partial charge in [-0.25, -0.2) is 0 Å². The highest BCUT2D eigenvalue weighted by Gasteiger charge is 2.18. The van der Waals surface area contributed by atoms with Crippen molar-refractivity contribution in [1.29, 1.82) is 0 Å². The molecule has 1 unspecified atom stereocenters. The van der Waals surface area contributed by atoms with E-state index in [1.807, 2.05) is 0 Å². The Labute approximate surface area is 80.1 Å². The number of ether oxygens (including phenoxy) is 1. The maximum absolute atomic E-state index is 11.5. The lowest BCUT2D eigenvalue weighted by atomic mass is 10.2. The van der Waals surface area contributed by atoms with Crippen molar-refractivity contribution in [1.82, 2.24) is 0 Å². The van der Waals surface area contributed by atoms with Crippen molar-refractivity contribution >= 4 is 28.7 Å². The van der Waals surface area contributed by atoms with E-state index in [4.69, 9.17) is 16.3 Å². The largest absolute Gasteiger partial charge is 0.374 e. The second-order valence-electron chi connectivity index (χ2n) is 2.34. The number of Topliss-reactive ketones (excluding diaryl/α,β-unsaturated/α-hetero) is 1. The quantitative estimate of drug-likeness (QED) is 0.708. The highest BCUT2D eigenvalue weighted by Crippen LogP contribution is 2.23. The minimum Gasteiger partial charge on any atom is -0.374 e. The van der Waals surface area contributed by atoms with E-state index in [1.54, 1.807) is 18.4 Å². The van der Waals surface area contributed by atoms with Crippen LogP contribution in [-0.4, -0.2) is 19.0 Å². The van der Waals surface area contributed by atoms with E-state index in [1.165, 1.54) is 18.4 Å². The Morgan fingerprint density at radius 2 is 2.42 bits per heavy atom. The van der Waals surface area contributed by atoms with Gasteiger partial charge in [-0.15, -0.1) is 11.3 Å².